The summed E-state index contributed by atoms with van der Waals surface area (Å²) < 4.78 is 12.9. The summed E-state index contributed by atoms with van der Waals surface area (Å²) in [5, 5.41) is 39.5. The number of nitrogens with zero attached hydrogens (tertiary/aromatic N) is 3. The molecule has 0 aromatic heterocycles. The molecule has 1 N–H and O–H groups in total. The van der Waals surface area contributed by atoms with Crippen molar-refractivity contribution in [2.75, 3.05) is 0 Å². The lowest BCUT2D eigenvalue weighted by Crippen LogP contribution is -2.59. The van der Waals surface area contributed by atoms with Gasteiger partial charge in [0.1, 0.15) is 6.10 Å². The summed E-state index contributed by atoms with van der Waals surface area (Å²) in [6.07, 6.45) is -0.731. The highest BCUT2D eigenvalue weighted by atomic mass is 79.9. The number of fused-ring (bicyclic) bond motifs is 2. The molecule has 2 aromatic rings. The second kappa shape index (κ2) is 6.96. The van der Waals surface area contributed by atoms with Crippen molar-refractivity contribution in [3.8, 4) is 18.2 Å². The van der Waals surface area contributed by atoms with Gasteiger partial charge in [0.2, 0.25) is 17.1 Å². The van der Waals surface area contributed by atoms with Crippen LogP contribution < -0.4 is 0 Å². The second-order valence-corrected chi connectivity index (χ2v) is 8.61. The van der Waals surface area contributed by atoms with Crippen LogP contribution in [0.5, 0.6) is 0 Å². The highest BCUT2D eigenvalue weighted by Crippen LogP contribution is 2.66. The minimum atomic E-state index is -1.96. The third kappa shape index (κ3) is 2.52. The number of hydrogen-bond acceptors (Lipinski definition) is 6. The van der Waals surface area contributed by atoms with Gasteiger partial charge in [-0.3, -0.25) is 5.41 Å². The van der Waals surface area contributed by atoms with Crippen molar-refractivity contribution in [2.45, 2.75) is 25.2 Å². The first kappa shape index (κ1) is 20.1. The normalized spacial score (nSPS) is 31.1. The van der Waals surface area contributed by atoms with Gasteiger partial charge in [0.15, 0.2) is 5.41 Å². The fraction of sp³-hybridized carbons (Fsp3) is 0.304. The fourth-order valence-corrected chi connectivity index (χ4v) is 4.94. The van der Waals surface area contributed by atoms with Crippen molar-refractivity contribution >= 4 is 21.8 Å². The minimum Gasteiger partial charge on any atom is -0.448 e. The van der Waals surface area contributed by atoms with Gasteiger partial charge in [0, 0.05) is 11.4 Å². The smallest absolute Gasteiger partial charge is 0.215 e. The Kier molecular flexibility index (Phi) is 4.66. The summed E-state index contributed by atoms with van der Waals surface area (Å²) in [6.45, 7) is 1.68. The molecular weight excluding hydrogens is 444 g/mol. The first-order valence-corrected chi connectivity index (χ1v) is 10.1. The molecule has 2 fully saturated rings. The summed E-state index contributed by atoms with van der Waals surface area (Å²) in [7, 11) is 0. The molecule has 4 atom stereocenters. The largest absolute Gasteiger partial charge is 0.448 e. The Labute approximate surface area is 182 Å². The minimum absolute atomic E-state index is 0.325. The highest BCUT2D eigenvalue weighted by Gasteiger charge is 2.79. The van der Waals surface area contributed by atoms with Crippen LogP contribution in [0.15, 0.2) is 59.1 Å². The molecule has 2 heterocycles. The molecule has 4 rings (SSSR count). The number of rotatable bonds is 3. The molecule has 7 heteroatoms. The Balaban J connectivity index is 1.94. The number of halogens is 1. The van der Waals surface area contributed by atoms with Crippen molar-refractivity contribution in [2.24, 2.45) is 16.7 Å². The number of hydrogen-bond donors (Lipinski definition) is 1. The maximum Gasteiger partial charge on any atom is 0.215 e. The van der Waals surface area contributed by atoms with Crippen LogP contribution in [0.2, 0.25) is 0 Å². The molecule has 0 radical (unpaired) electrons. The predicted molar refractivity (Wildman–Crippen MR) is 111 cm³/mol. The van der Waals surface area contributed by atoms with Crippen molar-refractivity contribution in [1.29, 1.82) is 21.2 Å². The fourth-order valence-electron chi connectivity index (χ4n) is 4.67. The Bertz CT molecular complexity index is 1120. The van der Waals surface area contributed by atoms with E-state index < -0.39 is 34.5 Å². The van der Waals surface area contributed by atoms with Crippen LogP contribution in [-0.2, 0) is 15.9 Å². The SMILES string of the molecule is CC12OC(=N)C(C#N)(C1Cc1ccccc1)C(C#N)(C#N)C(c1ccc(Br)cc1)O2. The quantitative estimate of drug-likeness (QED) is 0.715. The van der Waals surface area contributed by atoms with Crippen LogP contribution in [0.3, 0.4) is 0 Å². The molecule has 30 heavy (non-hydrogen) atoms. The zero-order valence-electron chi connectivity index (χ0n) is 16.1. The van der Waals surface area contributed by atoms with Crippen molar-refractivity contribution in [3.63, 3.8) is 0 Å². The van der Waals surface area contributed by atoms with Gasteiger partial charge in [0.25, 0.3) is 0 Å². The van der Waals surface area contributed by atoms with E-state index in [1.807, 2.05) is 30.3 Å². The van der Waals surface area contributed by atoms with E-state index in [9.17, 15) is 15.8 Å². The molecule has 6 nitrogen and oxygen atoms in total. The molecule has 0 spiro atoms. The summed E-state index contributed by atoms with van der Waals surface area (Å²) in [6, 6.07) is 22.8. The van der Waals surface area contributed by atoms with E-state index in [-0.39, 0.29) is 0 Å². The molecule has 148 valence electrons. The molecule has 2 aromatic carbocycles. The third-order valence-electron chi connectivity index (χ3n) is 6.17. The molecule has 2 aliphatic heterocycles. The van der Waals surface area contributed by atoms with Crippen molar-refractivity contribution < 1.29 is 9.47 Å². The van der Waals surface area contributed by atoms with Crippen LogP contribution >= 0.6 is 15.9 Å². The van der Waals surface area contributed by atoms with E-state index in [0.717, 1.165) is 10.0 Å². The Hall–Kier alpha value is -3.18. The molecule has 2 saturated heterocycles. The average Bonchev–Trinajstić information content (AvgIpc) is 2.91. The van der Waals surface area contributed by atoms with Crippen LogP contribution in [0.4, 0.5) is 0 Å². The lowest BCUT2D eigenvalue weighted by atomic mass is 9.52. The molecule has 2 aliphatic rings. The van der Waals surface area contributed by atoms with Gasteiger partial charge < -0.3 is 9.47 Å². The van der Waals surface area contributed by atoms with E-state index in [1.54, 1.807) is 31.2 Å². The summed E-state index contributed by atoms with van der Waals surface area (Å²) in [5.41, 5.74) is -2.26. The van der Waals surface area contributed by atoms with Crippen LogP contribution in [0, 0.1) is 56.2 Å². The zero-order chi connectivity index (χ0) is 21.6. The van der Waals surface area contributed by atoms with Crippen LogP contribution in [0.1, 0.15) is 24.2 Å². The number of ether oxygens (including phenoxy) is 2. The summed E-state index contributed by atoms with van der Waals surface area (Å²) in [5.74, 6) is -2.44. The lowest BCUT2D eigenvalue weighted by Gasteiger charge is -2.48. The first-order valence-electron chi connectivity index (χ1n) is 9.36. The monoisotopic (exact) mass is 460 g/mol. The summed E-state index contributed by atoms with van der Waals surface area (Å²) >= 11 is 3.38. The molecule has 2 bridgehead atoms. The maximum atomic E-state index is 10.4. The Morgan fingerprint density at radius 1 is 1.00 bits per heavy atom. The van der Waals surface area contributed by atoms with Gasteiger partial charge in [-0.25, -0.2) is 0 Å². The molecule has 0 aliphatic carbocycles. The second-order valence-electron chi connectivity index (χ2n) is 7.69. The van der Waals surface area contributed by atoms with Gasteiger partial charge in [-0.05, 0) is 29.7 Å². The van der Waals surface area contributed by atoms with E-state index >= 15 is 0 Å². The highest BCUT2D eigenvalue weighted by molar-refractivity contribution is 9.10. The maximum absolute atomic E-state index is 10.4. The van der Waals surface area contributed by atoms with Crippen LogP contribution in [-0.4, -0.2) is 11.7 Å². The number of nitrogens with one attached hydrogen (secondary N) is 1. The van der Waals surface area contributed by atoms with E-state index in [1.165, 1.54) is 0 Å². The zero-order valence-corrected chi connectivity index (χ0v) is 17.7. The van der Waals surface area contributed by atoms with Crippen LogP contribution in [0.25, 0.3) is 0 Å². The number of nitriles is 3. The molecule has 0 amide bonds. The Morgan fingerprint density at radius 3 is 2.20 bits per heavy atom. The van der Waals surface area contributed by atoms with Gasteiger partial charge in [-0.1, -0.05) is 58.4 Å². The third-order valence-corrected chi connectivity index (χ3v) is 6.70. The van der Waals surface area contributed by atoms with Gasteiger partial charge in [-0.2, -0.15) is 15.8 Å². The van der Waals surface area contributed by atoms with E-state index in [4.69, 9.17) is 14.9 Å². The van der Waals surface area contributed by atoms with Gasteiger partial charge in [-0.15, -0.1) is 0 Å². The Morgan fingerprint density at radius 2 is 1.63 bits per heavy atom. The van der Waals surface area contributed by atoms with Crippen molar-refractivity contribution in [3.05, 3.63) is 70.2 Å². The van der Waals surface area contributed by atoms with Gasteiger partial charge in [0.05, 0.1) is 24.1 Å². The molecule has 4 unspecified atom stereocenters. The van der Waals surface area contributed by atoms with E-state index in [2.05, 4.69) is 34.1 Å². The number of benzene rings is 2. The summed E-state index contributed by atoms with van der Waals surface area (Å²) in [4.78, 5) is 0. The van der Waals surface area contributed by atoms with E-state index in [0.29, 0.717) is 12.0 Å². The predicted octanol–water partition coefficient (Wildman–Crippen LogP) is 4.65. The molecular formula is C23H17BrN4O2. The topological polar surface area (TPSA) is 114 Å². The molecule has 0 saturated carbocycles. The van der Waals surface area contributed by atoms with Crippen molar-refractivity contribution in [1.82, 2.24) is 0 Å². The average molecular weight is 461 g/mol. The first-order chi connectivity index (χ1) is 14.4. The lowest BCUT2D eigenvalue weighted by molar-refractivity contribution is -0.272. The van der Waals surface area contributed by atoms with Gasteiger partial charge >= 0.3 is 0 Å². The standard InChI is InChI=1S/C23H17BrN4O2/c1-21-18(11-15-5-3-2-4-6-15)23(14-27,20(28)30-21)22(12-25,13-26)19(29-21)16-7-9-17(24)10-8-16/h2-10,18-19,28H,11H2,1H3.